The SMILES string of the molecule is CC1=C(C)C(C)[C]([Zr+2]([CH]2C=C(c3ccccn3)c3ccccc32)=[Si](C)C)=C1C.[Cl-].[Cl-]. The van der Waals surface area contributed by atoms with E-state index in [1.165, 1.54) is 11.1 Å². The maximum atomic E-state index is 4.69. The van der Waals surface area contributed by atoms with Crippen LogP contribution < -0.4 is 24.8 Å². The molecule has 0 fully saturated rings. The first-order chi connectivity index (χ1) is 13.4. The topological polar surface area (TPSA) is 12.9 Å². The quantitative estimate of drug-likeness (QED) is 0.530. The van der Waals surface area contributed by atoms with E-state index in [0.29, 0.717) is 9.54 Å². The van der Waals surface area contributed by atoms with Gasteiger partial charge < -0.3 is 24.8 Å². The largest absolute Gasteiger partial charge is 1.00 e. The van der Waals surface area contributed by atoms with Gasteiger partial charge in [0.2, 0.25) is 0 Å². The molecule has 0 saturated carbocycles. The van der Waals surface area contributed by atoms with Gasteiger partial charge in [0.05, 0.1) is 0 Å². The van der Waals surface area contributed by atoms with Gasteiger partial charge in [-0.25, -0.2) is 0 Å². The molecule has 1 heterocycles. The van der Waals surface area contributed by atoms with E-state index in [4.69, 9.17) is 4.98 Å². The number of allylic oxidation sites excluding steroid dienone is 5. The Morgan fingerprint density at radius 2 is 1.57 bits per heavy atom. The zero-order valence-corrected chi connectivity index (χ0v) is 23.5. The Kier molecular flexibility index (Phi) is 8.73. The number of hydrogen-bond donors (Lipinski definition) is 0. The van der Waals surface area contributed by atoms with Crippen LogP contribution in [-0.2, 0) is 20.4 Å². The second-order valence-electron chi connectivity index (χ2n) is 8.34. The van der Waals surface area contributed by atoms with Crippen LogP contribution in [0, 0.1) is 5.92 Å². The van der Waals surface area contributed by atoms with Gasteiger partial charge in [-0.2, -0.15) is 0 Å². The number of pyridine rings is 1. The van der Waals surface area contributed by atoms with Crippen molar-refractivity contribution >= 4 is 11.0 Å². The van der Waals surface area contributed by atoms with Crippen molar-refractivity contribution < 1.29 is 45.2 Å². The Morgan fingerprint density at radius 3 is 2.13 bits per heavy atom. The molecule has 0 bridgehead atoms. The zero-order chi connectivity index (χ0) is 20.0. The molecule has 4 rings (SSSR count). The van der Waals surface area contributed by atoms with Crippen molar-refractivity contribution in [2.24, 2.45) is 5.92 Å². The number of nitrogens with zero attached hydrogens (tertiary/aromatic N) is 1. The van der Waals surface area contributed by atoms with Crippen LogP contribution in [0.25, 0.3) is 5.57 Å². The molecule has 1 nitrogen and oxygen atoms in total. The summed E-state index contributed by atoms with van der Waals surface area (Å²) in [4.78, 5) is 4.69. The van der Waals surface area contributed by atoms with Gasteiger partial charge in [0.1, 0.15) is 0 Å². The molecule has 0 amide bonds. The van der Waals surface area contributed by atoms with Gasteiger partial charge in [0.25, 0.3) is 0 Å². The fourth-order valence-corrected chi connectivity index (χ4v) is 24.6. The molecule has 2 atom stereocenters. The standard InChI is InChI=1S/C14H10N.C9H13.C2H6Si.2ClH.Zr/c1-2-6-12-11(5-1)8-9-13(12)14-7-3-4-10-15-14;1-6-5-7(2)9(4)8(6)3;1-3-2;;;/h1-10H;6H,1-4H3;1-2H3;2*1H;/q;;;;;+2/p-2. The zero-order valence-electron chi connectivity index (χ0n) is 18.6. The summed E-state index contributed by atoms with van der Waals surface area (Å²) in [6, 6.07) is 15.4. The van der Waals surface area contributed by atoms with E-state index < -0.39 is 20.4 Å². The summed E-state index contributed by atoms with van der Waals surface area (Å²) in [5, 5.41) is 0. The normalized spacial score (nSPS) is 19.4. The van der Waals surface area contributed by atoms with Crippen LogP contribution in [-0.4, -0.2) is 10.4 Å². The average Bonchev–Trinajstić information content (AvgIpc) is 3.17. The maximum absolute atomic E-state index is 4.69. The summed E-state index contributed by atoms with van der Waals surface area (Å²) in [7, 11) is 0. The number of fused-ring (bicyclic) bond motifs is 1. The Bertz CT molecular complexity index is 1080. The van der Waals surface area contributed by atoms with Crippen LogP contribution >= 0.6 is 0 Å². The van der Waals surface area contributed by atoms with Crippen molar-refractivity contribution in [1.82, 2.24) is 4.98 Å². The first-order valence-electron chi connectivity index (χ1n) is 10.2. The Balaban J connectivity index is 0.00000160. The number of halogens is 2. The fraction of sp³-hybridized carbons (Fsp3) is 0.320. The third kappa shape index (κ3) is 4.29. The third-order valence-electron chi connectivity index (χ3n) is 6.64. The number of rotatable bonds is 3. The number of hydrogen-bond acceptors (Lipinski definition) is 1. The van der Waals surface area contributed by atoms with Crippen molar-refractivity contribution in [3.8, 4) is 0 Å². The molecular formula is C25H29Cl2NSiZr. The van der Waals surface area contributed by atoms with E-state index in [-0.39, 0.29) is 30.2 Å². The Hall–Kier alpha value is -0.730. The maximum Gasteiger partial charge on any atom is -1.00 e. The summed E-state index contributed by atoms with van der Waals surface area (Å²) in [6.07, 6.45) is 4.53. The first kappa shape index (κ1) is 25.5. The summed E-state index contributed by atoms with van der Waals surface area (Å²) in [5.74, 6) is 0.647. The van der Waals surface area contributed by atoms with Gasteiger partial charge >= 0.3 is 178 Å². The minimum Gasteiger partial charge on any atom is -1.00 e. The van der Waals surface area contributed by atoms with Crippen molar-refractivity contribution in [3.63, 3.8) is 0 Å². The molecule has 1 aromatic heterocycles. The van der Waals surface area contributed by atoms with Crippen LogP contribution in [0.5, 0.6) is 0 Å². The molecule has 2 aliphatic carbocycles. The van der Waals surface area contributed by atoms with E-state index in [1.54, 1.807) is 22.3 Å². The first-order valence-corrected chi connectivity index (χ1v) is 19.0. The van der Waals surface area contributed by atoms with Crippen molar-refractivity contribution in [2.45, 2.75) is 44.4 Å². The van der Waals surface area contributed by atoms with Gasteiger partial charge in [-0.3, -0.25) is 0 Å². The molecule has 0 aliphatic heterocycles. The van der Waals surface area contributed by atoms with Crippen LogP contribution in [0.3, 0.4) is 0 Å². The van der Waals surface area contributed by atoms with Gasteiger partial charge in [0.15, 0.2) is 0 Å². The fourth-order valence-electron chi connectivity index (χ4n) is 4.89. The van der Waals surface area contributed by atoms with Crippen molar-refractivity contribution in [2.75, 3.05) is 0 Å². The summed E-state index contributed by atoms with van der Waals surface area (Å²) >= 11 is -1.91. The second-order valence-corrected chi connectivity index (χ2v) is 25.8. The molecule has 0 spiro atoms. The van der Waals surface area contributed by atoms with E-state index in [0.717, 1.165) is 5.69 Å². The van der Waals surface area contributed by atoms with E-state index in [9.17, 15) is 0 Å². The minimum atomic E-state index is -1.91. The van der Waals surface area contributed by atoms with Crippen molar-refractivity contribution in [1.29, 1.82) is 0 Å². The minimum absolute atomic E-state index is 0. The molecule has 156 valence electrons. The molecule has 2 aliphatic rings. The van der Waals surface area contributed by atoms with Gasteiger partial charge in [-0.1, -0.05) is 0 Å². The summed E-state index contributed by atoms with van der Waals surface area (Å²) < 4.78 is 2.53. The van der Waals surface area contributed by atoms with E-state index in [2.05, 4.69) is 83.3 Å². The molecule has 5 heteroatoms. The van der Waals surface area contributed by atoms with Gasteiger partial charge in [0, 0.05) is 0 Å². The monoisotopic (exact) mass is 531 g/mol. The molecule has 0 N–H and O–H groups in total. The third-order valence-corrected chi connectivity index (χ3v) is 25.2. The molecule has 2 unspecified atom stereocenters. The molecule has 0 saturated heterocycles. The molecule has 1 aromatic carbocycles. The van der Waals surface area contributed by atoms with Gasteiger partial charge in [-0.05, 0) is 0 Å². The molecule has 2 aromatic rings. The average molecular weight is 534 g/mol. The number of benzene rings is 1. The van der Waals surface area contributed by atoms with E-state index >= 15 is 0 Å². The predicted molar refractivity (Wildman–Crippen MR) is 118 cm³/mol. The Labute approximate surface area is 201 Å². The van der Waals surface area contributed by atoms with Crippen LogP contribution in [0.4, 0.5) is 0 Å². The number of aromatic nitrogens is 1. The van der Waals surface area contributed by atoms with Crippen LogP contribution in [0.1, 0.15) is 48.1 Å². The van der Waals surface area contributed by atoms with Crippen LogP contribution in [0.15, 0.2) is 74.7 Å². The molecule has 0 radical (unpaired) electrons. The smallest absolute Gasteiger partial charge is 1.00 e. The predicted octanol–water partition coefficient (Wildman–Crippen LogP) is 0.705. The summed E-state index contributed by atoms with van der Waals surface area (Å²) in [6.45, 7) is 14.7. The van der Waals surface area contributed by atoms with Gasteiger partial charge in [-0.15, -0.1) is 0 Å². The second kappa shape index (κ2) is 10.3. The van der Waals surface area contributed by atoms with E-state index in [1.807, 2.05) is 15.5 Å². The molecule has 30 heavy (non-hydrogen) atoms. The van der Waals surface area contributed by atoms with Crippen LogP contribution in [0.2, 0.25) is 13.1 Å². The summed E-state index contributed by atoms with van der Waals surface area (Å²) in [5.41, 5.74) is 9.90. The Morgan fingerprint density at radius 1 is 0.900 bits per heavy atom. The molecular weight excluding hydrogens is 504 g/mol. The van der Waals surface area contributed by atoms with Crippen molar-refractivity contribution in [3.05, 3.63) is 91.6 Å².